The lowest BCUT2D eigenvalue weighted by atomic mass is 9.68. The van der Waals surface area contributed by atoms with E-state index < -0.39 is 0 Å². The zero-order chi connectivity index (χ0) is 9.19. The lowest BCUT2D eigenvalue weighted by Crippen LogP contribution is -2.46. The van der Waals surface area contributed by atoms with E-state index in [0.29, 0.717) is 0 Å². The molecule has 0 bridgehead atoms. The van der Waals surface area contributed by atoms with E-state index in [1.807, 2.05) is 6.92 Å². The average molecular weight is 172 g/mol. The highest BCUT2D eigenvalue weighted by atomic mass is 16.3. The molecule has 1 saturated carbocycles. The molecular formula is C10H20O2. The molecule has 2 atom stereocenters. The van der Waals surface area contributed by atoms with Crippen molar-refractivity contribution in [3.05, 3.63) is 0 Å². The third kappa shape index (κ3) is 1.64. The van der Waals surface area contributed by atoms with Crippen LogP contribution in [0, 0.1) is 5.41 Å². The maximum absolute atomic E-state index is 9.77. The number of hydrogen-bond donors (Lipinski definition) is 2. The van der Waals surface area contributed by atoms with Crippen LogP contribution >= 0.6 is 0 Å². The number of aliphatic hydroxyl groups is 2. The monoisotopic (exact) mass is 172 g/mol. The van der Waals surface area contributed by atoms with Gasteiger partial charge in [-0.3, -0.25) is 0 Å². The van der Waals surface area contributed by atoms with Crippen molar-refractivity contribution in [1.82, 2.24) is 0 Å². The van der Waals surface area contributed by atoms with Crippen LogP contribution in [0.5, 0.6) is 0 Å². The molecule has 1 rings (SSSR count). The van der Waals surface area contributed by atoms with Crippen LogP contribution in [0.1, 0.15) is 46.0 Å². The Hall–Kier alpha value is -0.0800. The van der Waals surface area contributed by atoms with Crippen molar-refractivity contribution in [3.8, 4) is 0 Å². The van der Waals surface area contributed by atoms with Gasteiger partial charge >= 0.3 is 0 Å². The predicted octanol–water partition coefficient (Wildman–Crippen LogP) is 1.70. The summed E-state index contributed by atoms with van der Waals surface area (Å²) >= 11 is 0. The van der Waals surface area contributed by atoms with Gasteiger partial charge in [0.05, 0.1) is 12.2 Å². The van der Waals surface area contributed by atoms with Crippen molar-refractivity contribution in [2.75, 3.05) is 0 Å². The lowest BCUT2D eigenvalue weighted by molar-refractivity contribution is -0.0942. The van der Waals surface area contributed by atoms with E-state index >= 15 is 0 Å². The largest absolute Gasteiger partial charge is 0.392 e. The summed E-state index contributed by atoms with van der Waals surface area (Å²) in [5.74, 6) is 0. The van der Waals surface area contributed by atoms with Crippen LogP contribution in [0.3, 0.4) is 0 Å². The van der Waals surface area contributed by atoms with Crippen LogP contribution in [0.2, 0.25) is 0 Å². The molecule has 0 aromatic rings. The van der Waals surface area contributed by atoms with E-state index in [1.165, 1.54) is 0 Å². The quantitative estimate of drug-likeness (QED) is 0.665. The third-order valence-corrected chi connectivity index (χ3v) is 3.27. The van der Waals surface area contributed by atoms with Crippen LogP contribution in [0.4, 0.5) is 0 Å². The fraction of sp³-hybridized carbons (Fsp3) is 1.00. The van der Waals surface area contributed by atoms with Gasteiger partial charge in [-0.25, -0.2) is 0 Å². The second kappa shape index (κ2) is 3.75. The molecule has 2 N–H and O–H groups in total. The lowest BCUT2D eigenvalue weighted by Gasteiger charge is -2.42. The van der Waals surface area contributed by atoms with Crippen LogP contribution in [0.15, 0.2) is 0 Å². The van der Waals surface area contributed by atoms with Crippen LogP contribution in [-0.4, -0.2) is 22.4 Å². The molecule has 72 valence electrons. The van der Waals surface area contributed by atoms with Crippen molar-refractivity contribution in [3.63, 3.8) is 0 Å². The Morgan fingerprint density at radius 1 is 1.25 bits per heavy atom. The fourth-order valence-corrected chi connectivity index (χ4v) is 2.26. The number of aliphatic hydroxyl groups excluding tert-OH is 2. The summed E-state index contributed by atoms with van der Waals surface area (Å²) in [4.78, 5) is 0. The SMILES string of the molecule is CCCC1(C)C(O)CCCC1O. The molecule has 12 heavy (non-hydrogen) atoms. The zero-order valence-electron chi connectivity index (χ0n) is 8.08. The van der Waals surface area contributed by atoms with Gasteiger partial charge in [-0.15, -0.1) is 0 Å². The molecule has 2 unspecified atom stereocenters. The average Bonchev–Trinajstić information content (AvgIpc) is 2.02. The number of hydrogen-bond acceptors (Lipinski definition) is 2. The first kappa shape index (κ1) is 10.0. The van der Waals surface area contributed by atoms with Gasteiger partial charge in [0.25, 0.3) is 0 Å². The normalized spacial score (nSPS) is 43.0. The Labute approximate surface area is 74.6 Å². The molecular weight excluding hydrogens is 152 g/mol. The van der Waals surface area contributed by atoms with Gasteiger partial charge in [-0.2, -0.15) is 0 Å². The molecule has 0 aromatic carbocycles. The van der Waals surface area contributed by atoms with Gasteiger partial charge < -0.3 is 10.2 Å². The molecule has 0 saturated heterocycles. The van der Waals surface area contributed by atoms with Gasteiger partial charge in [0.1, 0.15) is 0 Å². The molecule has 2 heteroatoms. The first-order valence-corrected chi connectivity index (χ1v) is 4.97. The highest BCUT2D eigenvalue weighted by molar-refractivity contribution is 4.92. The van der Waals surface area contributed by atoms with E-state index in [9.17, 15) is 10.2 Å². The molecule has 1 aliphatic carbocycles. The maximum atomic E-state index is 9.77. The van der Waals surface area contributed by atoms with Crippen molar-refractivity contribution in [2.24, 2.45) is 5.41 Å². The molecule has 0 heterocycles. The molecule has 2 nitrogen and oxygen atoms in total. The second-order valence-corrected chi connectivity index (χ2v) is 4.22. The summed E-state index contributed by atoms with van der Waals surface area (Å²) in [6.07, 6.45) is 4.02. The van der Waals surface area contributed by atoms with Gasteiger partial charge in [0.2, 0.25) is 0 Å². The van der Waals surface area contributed by atoms with Crippen molar-refractivity contribution in [2.45, 2.75) is 58.2 Å². The Morgan fingerprint density at radius 2 is 1.75 bits per heavy atom. The Kier molecular flexibility index (Phi) is 3.13. The van der Waals surface area contributed by atoms with Gasteiger partial charge in [0.15, 0.2) is 0 Å². The summed E-state index contributed by atoms with van der Waals surface area (Å²) < 4.78 is 0. The predicted molar refractivity (Wildman–Crippen MR) is 48.9 cm³/mol. The second-order valence-electron chi connectivity index (χ2n) is 4.22. The maximum Gasteiger partial charge on any atom is 0.0618 e. The van der Waals surface area contributed by atoms with Crippen molar-refractivity contribution >= 4 is 0 Å². The van der Waals surface area contributed by atoms with Crippen LogP contribution in [0.25, 0.3) is 0 Å². The van der Waals surface area contributed by atoms with E-state index in [2.05, 4.69) is 6.92 Å². The van der Waals surface area contributed by atoms with E-state index in [0.717, 1.165) is 32.1 Å². The summed E-state index contributed by atoms with van der Waals surface area (Å²) in [6.45, 7) is 4.10. The van der Waals surface area contributed by atoms with Crippen LogP contribution < -0.4 is 0 Å². The summed E-state index contributed by atoms with van der Waals surface area (Å²) in [5, 5.41) is 19.5. The first-order valence-electron chi connectivity index (χ1n) is 4.97. The molecule has 0 aromatic heterocycles. The minimum Gasteiger partial charge on any atom is -0.392 e. The minimum atomic E-state index is -0.304. The molecule has 1 aliphatic rings. The molecule has 0 radical (unpaired) electrons. The standard InChI is InChI=1S/C10H20O2/c1-3-7-10(2)8(11)5-4-6-9(10)12/h8-9,11-12H,3-7H2,1-2H3. The smallest absolute Gasteiger partial charge is 0.0618 e. The minimum absolute atomic E-state index is 0.243. The van der Waals surface area contributed by atoms with E-state index in [4.69, 9.17) is 0 Å². The van der Waals surface area contributed by atoms with E-state index in [1.54, 1.807) is 0 Å². The summed E-state index contributed by atoms with van der Waals surface area (Å²) in [7, 11) is 0. The Morgan fingerprint density at radius 3 is 2.17 bits per heavy atom. The van der Waals surface area contributed by atoms with Gasteiger partial charge in [0, 0.05) is 5.41 Å². The summed E-state index contributed by atoms with van der Waals surface area (Å²) in [6, 6.07) is 0. The number of rotatable bonds is 2. The van der Waals surface area contributed by atoms with Crippen molar-refractivity contribution < 1.29 is 10.2 Å². The summed E-state index contributed by atoms with van der Waals surface area (Å²) in [5.41, 5.74) is -0.243. The Bertz CT molecular complexity index is 135. The molecule has 0 amide bonds. The third-order valence-electron chi connectivity index (χ3n) is 3.27. The van der Waals surface area contributed by atoms with E-state index in [-0.39, 0.29) is 17.6 Å². The molecule has 0 spiro atoms. The molecule has 0 aliphatic heterocycles. The fourth-order valence-electron chi connectivity index (χ4n) is 2.26. The highest BCUT2D eigenvalue weighted by Crippen LogP contribution is 2.39. The highest BCUT2D eigenvalue weighted by Gasteiger charge is 2.41. The van der Waals surface area contributed by atoms with Gasteiger partial charge in [-0.1, -0.05) is 20.3 Å². The first-order chi connectivity index (χ1) is 5.61. The van der Waals surface area contributed by atoms with Gasteiger partial charge in [-0.05, 0) is 25.7 Å². The topological polar surface area (TPSA) is 40.5 Å². The van der Waals surface area contributed by atoms with Crippen molar-refractivity contribution in [1.29, 1.82) is 0 Å². The molecule has 1 fully saturated rings. The zero-order valence-corrected chi connectivity index (χ0v) is 8.08. The van der Waals surface area contributed by atoms with Crippen LogP contribution in [-0.2, 0) is 0 Å². The Balaban J connectivity index is 2.66.